The fourth-order valence-corrected chi connectivity index (χ4v) is 1.75. The Morgan fingerprint density at radius 1 is 1.50 bits per heavy atom. The van der Waals surface area contributed by atoms with Gasteiger partial charge in [-0.2, -0.15) is 0 Å². The van der Waals surface area contributed by atoms with Crippen molar-refractivity contribution in [3.63, 3.8) is 0 Å². The highest BCUT2D eigenvalue weighted by molar-refractivity contribution is 5.81. The van der Waals surface area contributed by atoms with Gasteiger partial charge in [-0.1, -0.05) is 33.3 Å². The van der Waals surface area contributed by atoms with E-state index in [-0.39, 0.29) is 11.8 Å². The number of pyridine rings is 1. The molecule has 3 N–H and O–H groups in total. The van der Waals surface area contributed by atoms with Crippen molar-refractivity contribution in [2.24, 2.45) is 11.7 Å². The molecule has 1 aromatic rings. The second-order valence-electron chi connectivity index (χ2n) is 4.59. The third-order valence-electron chi connectivity index (χ3n) is 3.36. The highest BCUT2D eigenvalue weighted by Crippen LogP contribution is 2.07. The van der Waals surface area contributed by atoms with E-state index in [4.69, 9.17) is 5.73 Å². The number of rotatable bonds is 6. The average Bonchev–Trinajstić information content (AvgIpc) is 2.43. The summed E-state index contributed by atoms with van der Waals surface area (Å²) >= 11 is 0. The molecule has 0 aliphatic carbocycles. The summed E-state index contributed by atoms with van der Waals surface area (Å²) in [4.78, 5) is 16.1. The number of hydrogen-bond acceptors (Lipinski definition) is 3. The number of aromatic nitrogens is 1. The molecule has 0 saturated carbocycles. The Labute approximate surface area is 109 Å². The van der Waals surface area contributed by atoms with E-state index in [1.165, 1.54) is 0 Å². The Hall–Kier alpha value is -1.42. The molecule has 4 heteroatoms. The second kappa shape index (κ2) is 7.11. The lowest BCUT2D eigenvalue weighted by molar-refractivity contribution is -0.123. The van der Waals surface area contributed by atoms with E-state index < -0.39 is 6.04 Å². The number of hydrogen-bond donors (Lipinski definition) is 2. The fourth-order valence-electron chi connectivity index (χ4n) is 1.75. The molecule has 4 nitrogen and oxygen atoms in total. The lowest BCUT2D eigenvalue weighted by Crippen LogP contribution is -2.44. The van der Waals surface area contributed by atoms with Gasteiger partial charge < -0.3 is 11.1 Å². The quantitative estimate of drug-likeness (QED) is 0.805. The predicted molar refractivity (Wildman–Crippen MR) is 72.9 cm³/mol. The van der Waals surface area contributed by atoms with Crippen LogP contribution in [0.25, 0.3) is 0 Å². The minimum Gasteiger partial charge on any atom is -0.349 e. The van der Waals surface area contributed by atoms with Crippen LogP contribution in [0.4, 0.5) is 0 Å². The molecule has 0 aliphatic rings. The smallest absolute Gasteiger partial charge is 0.237 e. The largest absolute Gasteiger partial charge is 0.349 e. The lowest BCUT2D eigenvalue weighted by Gasteiger charge is -2.18. The van der Waals surface area contributed by atoms with Crippen molar-refractivity contribution < 1.29 is 4.79 Å². The van der Waals surface area contributed by atoms with Gasteiger partial charge in [0.15, 0.2) is 0 Å². The number of nitrogens with zero attached hydrogens (tertiary/aromatic N) is 1. The number of carbonyl (C=O) groups excluding carboxylic acids is 1. The van der Waals surface area contributed by atoms with Crippen LogP contribution in [0.1, 0.15) is 38.4 Å². The van der Waals surface area contributed by atoms with Gasteiger partial charge >= 0.3 is 0 Å². The first-order valence-electron chi connectivity index (χ1n) is 6.56. The molecule has 0 aromatic carbocycles. The molecule has 100 valence electrons. The highest BCUT2D eigenvalue weighted by atomic mass is 16.2. The first kappa shape index (κ1) is 14.6. The number of nitrogens with two attached hydrogens (primary N) is 1. The van der Waals surface area contributed by atoms with Crippen molar-refractivity contribution in [1.82, 2.24) is 10.3 Å². The van der Waals surface area contributed by atoms with Crippen LogP contribution in [0.5, 0.6) is 0 Å². The molecule has 0 spiro atoms. The summed E-state index contributed by atoms with van der Waals surface area (Å²) in [6.45, 7) is 6.55. The van der Waals surface area contributed by atoms with Gasteiger partial charge in [0, 0.05) is 6.20 Å². The zero-order valence-corrected chi connectivity index (χ0v) is 11.4. The molecule has 0 bridgehead atoms. The van der Waals surface area contributed by atoms with Gasteiger partial charge in [-0.15, -0.1) is 0 Å². The standard InChI is InChI=1S/C14H23N3O/c1-4-10(3)13(15)14(18)17-9-12-11(5-2)7-6-8-16-12/h6-8,10,13H,4-5,9,15H2,1-3H3,(H,17,18)/t10?,13-/m0/s1. The van der Waals surface area contributed by atoms with E-state index in [0.29, 0.717) is 6.54 Å². The van der Waals surface area contributed by atoms with E-state index >= 15 is 0 Å². The molecule has 1 unspecified atom stereocenters. The van der Waals surface area contributed by atoms with Crippen LogP contribution in [0, 0.1) is 5.92 Å². The SMILES string of the molecule is CCc1cccnc1CNC(=O)[C@@H](N)C(C)CC. The lowest BCUT2D eigenvalue weighted by atomic mass is 9.99. The van der Waals surface area contributed by atoms with Crippen LogP contribution in [0.2, 0.25) is 0 Å². The van der Waals surface area contributed by atoms with E-state index in [9.17, 15) is 4.79 Å². The van der Waals surface area contributed by atoms with E-state index in [2.05, 4.69) is 17.2 Å². The highest BCUT2D eigenvalue weighted by Gasteiger charge is 2.19. The van der Waals surface area contributed by atoms with Gasteiger partial charge in [0.25, 0.3) is 0 Å². The number of amides is 1. The topological polar surface area (TPSA) is 68.0 Å². The molecule has 18 heavy (non-hydrogen) atoms. The van der Waals surface area contributed by atoms with E-state index in [0.717, 1.165) is 24.1 Å². The van der Waals surface area contributed by atoms with Gasteiger partial charge in [-0.05, 0) is 24.0 Å². The van der Waals surface area contributed by atoms with Crippen LogP contribution in [-0.2, 0) is 17.8 Å². The Morgan fingerprint density at radius 2 is 2.22 bits per heavy atom. The maximum absolute atomic E-state index is 11.9. The Bertz CT molecular complexity index is 392. The van der Waals surface area contributed by atoms with Crippen molar-refractivity contribution in [2.75, 3.05) is 0 Å². The summed E-state index contributed by atoms with van der Waals surface area (Å²) in [5.74, 6) is 0.0939. The summed E-state index contributed by atoms with van der Waals surface area (Å²) in [5.41, 5.74) is 7.96. The zero-order valence-electron chi connectivity index (χ0n) is 11.4. The van der Waals surface area contributed by atoms with Crippen LogP contribution in [0.3, 0.4) is 0 Å². The third-order valence-corrected chi connectivity index (χ3v) is 3.36. The average molecular weight is 249 g/mol. The Kier molecular flexibility index (Phi) is 5.78. The molecule has 0 saturated heterocycles. The number of nitrogens with one attached hydrogen (secondary N) is 1. The molecule has 0 aliphatic heterocycles. The maximum Gasteiger partial charge on any atom is 0.237 e. The van der Waals surface area contributed by atoms with Crippen molar-refractivity contribution >= 4 is 5.91 Å². The van der Waals surface area contributed by atoms with Gasteiger partial charge in [-0.3, -0.25) is 9.78 Å². The van der Waals surface area contributed by atoms with Gasteiger partial charge in [0.1, 0.15) is 0 Å². The molecule has 1 amide bonds. The van der Waals surface area contributed by atoms with Gasteiger partial charge in [0.05, 0.1) is 18.3 Å². The molecule has 1 rings (SSSR count). The maximum atomic E-state index is 11.9. The molecule has 0 fully saturated rings. The summed E-state index contributed by atoms with van der Waals surface area (Å²) in [6, 6.07) is 3.50. The monoisotopic (exact) mass is 249 g/mol. The molecule has 0 radical (unpaired) electrons. The Morgan fingerprint density at radius 3 is 2.83 bits per heavy atom. The summed E-state index contributed by atoms with van der Waals surface area (Å²) in [7, 11) is 0. The van der Waals surface area contributed by atoms with E-state index in [1.54, 1.807) is 6.20 Å². The van der Waals surface area contributed by atoms with Gasteiger partial charge in [-0.25, -0.2) is 0 Å². The van der Waals surface area contributed by atoms with Crippen molar-refractivity contribution in [1.29, 1.82) is 0 Å². The summed E-state index contributed by atoms with van der Waals surface area (Å²) < 4.78 is 0. The number of carbonyl (C=O) groups is 1. The van der Waals surface area contributed by atoms with Crippen LogP contribution >= 0.6 is 0 Å². The summed E-state index contributed by atoms with van der Waals surface area (Å²) in [5, 5.41) is 2.86. The fraction of sp³-hybridized carbons (Fsp3) is 0.571. The Balaban J connectivity index is 2.57. The van der Waals surface area contributed by atoms with Crippen LogP contribution in [0.15, 0.2) is 18.3 Å². The normalized spacial score (nSPS) is 14.0. The van der Waals surface area contributed by atoms with Crippen LogP contribution in [-0.4, -0.2) is 16.9 Å². The van der Waals surface area contributed by atoms with Crippen molar-refractivity contribution in [2.45, 2.75) is 46.2 Å². The first-order chi connectivity index (χ1) is 8.60. The summed E-state index contributed by atoms with van der Waals surface area (Å²) in [6.07, 6.45) is 3.56. The number of aryl methyl sites for hydroxylation is 1. The minimum absolute atomic E-state index is 0.0999. The van der Waals surface area contributed by atoms with Crippen molar-refractivity contribution in [3.05, 3.63) is 29.6 Å². The molecule has 1 aromatic heterocycles. The zero-order chi connectivity index (χ0) is 13.5. The minimum atomic E-state index is -0.441. The van der Waals surface area contributed by atoms with Crippen LogP contribution < -0.4 is 11.1 Å². The molecular formula is C14H23N3O. The molecule has 1 heterocycles. The van der Waals surface area contributed by atoms with Crippen molar-refractivity contribution in [3.8, 4) is 0 Å². The third kappa shape index (κ3) is 3.81. The first-order valence-corrected chi connectivity index (χ1v) is 6.56. The van der Waals surface area contributed by atoms with Gasteiger partial charge in [0.2, 0.25) is 5.91 Å². The molecule has 2 atom stereocenters. The van der Waals surface area contributed by atoms with E-state index in [1.807, 2.05) is 26.0 Å². The second-order valence-corrected chi connectivity index (χ2v) is 4.59. The predicted octanol–water partition coefficient (Wildman–Crippen LogP) is 1.63. The molecular weight excluding hydrogens is 226 g/mol.